The van der Waals surface area contributed by atoms with E-state index in [4.69, 9.17) is 10.3 Å². The molecule has 0 fully saturated rings. The zero-order valence-electron chi connectivity index (χ0n) is 8.06. The summed E-state index contributed by atoms with van der Waals surface area (Å²) in [4.78, 5) is 0.451. The Kier molecular flexibility index (Phi) is 3.09. The van der Waals surface area contributed by atoms with Gasteiger partial charge >= 0.3 is 0 Å². The normalized spacial score (nSPS) is 10.9. The predicted octanol–water partition coefficient (Wildman–Crippen LogP) is 3.24. The Hall–Kier alpha value is -1.56. The second-order valence-electron chi connectivity index (χ2n) is 2.98. The minimum Gasteiger partial charge on any atom is -0.367 e. The third-order valence-corrected chi connectivity index (χ3v) is 2.78. The van der Waals surface area contributed by atoms with E-state index in [1.54, 1.807) is 24.3 Å². The van der Waals surface area contributed by atoms with Crippen LogP contribution in [0.2, 0.25) is 0 Å². The van der Waals surface area contributed by atoms with Crippen LogP contribution in [0.1, 0.15) is 0 Å². The van der Waals surface area contributed by atoms with Crippen LogP contribution in [-0.2, 0) is 0 Å². The molecule has 0 radical (unpaired) electrons. The Labute approximate surface area is 94.6 Å². The number of nitrogen functional groups attached to an aromatic ring is 1. The Balaban J connectivity index is 2.44. The zero-order valence-corrected chi connectivity index (χ0v) is 8.88. The van der Waals surface area contributed by atoms with Gasteiger partial charge in [0.25, 0.3) is 5.76 Å². The fraction of sp³-hybridized carbons (Fsp3) is 0.100. The van der Waals surface area contributed by atoms with Gasteiger partial charge in [-0.2, -0.15) is 8.78 Å². The summed E-state index contributed by atoms with van der Waals surface area (Å²) in [6, 6.07) is 6.75. The van der Waals surface area contributed by atoms with Gasteiger partial charge in [-0.3, -0.25) is 0 Å². The van der Waals surface area contributed by atoms with E-state index >= 15 is 0 Å². The van der Waals surface area contributed by atoms with E-state index in [0.29, 0.717) is 27.8 Å². The molecule has 16 heavy (non-hydrogen) atoms. The van der Waals surface area contributed by atoms with Crippen LogP contribution in [0, 0.1) is 0 Å². The number of hydrogen-bond acceptors (Lipinski definition) is 4. The Morgan fingerprint density at radius 2 is 2.00 bits per heavy atom. The Morgan fingerprint density at radius 3 is 2.62 bits per heavy atom. The SMILES string of the molecule is Nc1oncc1-c1ccccc1SC(F)F. The number of halogens is 2. The van der Waals surface area contributed by atoms with Crippen molar-refractivity contribution >= 4 is 17.6 Å². The highest BCUT2D eigenvalue weighted by Crippen LogP contribution is 2.36. The number of benzene rings is 1. The lowest BCUT2D eigenvalue weighted by Gasteiger charge is -2.06. The van der Waals surface area contributed by atoms with Crippen molar-refractivity contribution in [3.05, 3.63) is 30.5 Å². The monoisotopic (exact) mass is 242 g/mol. The van der Waals surface area contributed by atoms with E-state index in [1.165, 1.54) is 6.20 Å². The van der Waals surface area contributed by atoms with Crippen LogP contribution in [0.3, 0.4) is 0 Å². The highest BCUT2D eigenvalue weighted by Gasteiger charge is 2.14. The maximum atomic E-state index is 12.3. The zero-order chi connectivity index (χ0) is 11.5. The van der Waals surface area contributed by atoms with Crippen molar-refractivity contribution in [2.45, 2.75) is 10.7 Å². The Bertz CT molecular complexity index is 487. The summed E-state index contributed by atoms with van der Waals surface area (Å²) in [5, 5.41) is 3.52. The van der Waals surface area contributed by atoms with Crippen molar-refractivity contribution in [3.8, 4) is 11.1 Å². The third kappa shape index (κ3) is 2.16. The second-order valence-corrected chi connectivity index (χ2v) is 4.01. The molecule has 0 aliphatic carbocycles. The number of hydrogen-bond donors (Lipinski definition) is 1. The van der Waals surface area contributed by atoms with Crippen LogP contribution in [0.5, 0.6) is 0 Å². The van der Waals surface area contributed by atoms with Gasteiger partial charge < -0.3 is 10.3 Å². The second kappa shape index (κ2) is 4.52. The predicted molar refractivity (Wildman–Crippen MR) is 58.2 cm³/mol. The standard InChI is InChI=1S/C10H8F2N2OS/c11-10(12)16-8-4-2-1-3-6(8)7-5-14-15-9(7)13/h1-5,10H,13H2. The molecule has 1 heterocycles. The molecule has 0 atom stereocenters. The van der Waals surface area contributed by atoms with Gasteiger partial charge in [0.05, 0.1) is 11.8 Å². The van der Waals surface area contributed by atoms with Crippen LogP contribution in [0.4, 0.5) is 14.7 Å². The van der Waals surface area contributed by atoms with E-state index in [0.717, 1.165) is 0 Å². The smallest absolute Gasteiger partial charge is 0.288 e. The molecule has 0 aliphatic heterocycles. The summed E-state index contributed by atoms with van der Waals surface area (Å²) in [7, 11) is 0. The van der Waals surface area contributed by atoms with Crippen LogP contribution >= 0.6 is 11.8 Å². The minimum atomic E-state index is -2.47. The maximum absolute atomic E-state index is 12.3. The van der Waals surface area contributed by atoms with Gasteiger partial charge in [-0.05, 0) is 6.07 Å². The van der Waals surface area contributed by atoms with Crippen LogP contribution in [-0.4, -0.2) is 10.9 Å². The van der Waals surface area contributed by atoms with E-state index in [2.05, 4.69) is 5.16 Å². The van der Waals surface area contributed by atoms with E-state index in [-0.39, 0.29) is 5.88 Å². The summed E-state index contributed by atoms with van der Waals surface area (Å²) < 4.78 is 29.4. The molecule has 0 saturated carbocycles. The fourth-order valence-corrected chi connectivity index (χ4v) is 1.99. The van der Waals surface area contributed by atoms with Gasteiger partial charge in [0.2, 0.25) is 5.88 Å². The molecule has 6 heteroatoms. The maximum Gasteiger partial charge on any atom is 0.288 e. The van der Waals surface area contributed by atoms with Crippen molar-refractivity contribution in [2.24, 2.45) is 0 Å². The molecule has 3 nitrogen and oxygen atoms in total. The first-order valence-corrected chi connectivity index (χ1v) is 5.31. The first kappa shape index (κ1) is 10.9. The molecule has 0 unspecified atom stereocenters. The molecule has 1 aromatic carbocycles. The van der Waals surface area contributed by atoms with Gasteiger partial charge in [-0.25, -0.2) is 0 Å². The van der Waals surface area contributed by atoms with Crippen LogP contribution in [0.25, 0.3) is 11.1 Å². The largest absolute Gasteiger partial charge is 0.367 e. The molecular formula is C10H8F2N2OS. The van der Waals surface area contributed by atoms with Gasteiger partial charge in [0.15, 0.2) is 0 Å². The first-order valence-electron chi connectivity index (χ1n) is 4.43. The lowest BCUT2D eigenvalue weighted by Crippen LogP contribution is -1.89. The molecule has 2 N–H and O–H groups in total. The molecule has 1 aromatic heterocycles. The van der Waals surface area contributed by atoms with Gasteiger partial charge in [0.1, 0.15) is 0 Å². The van der Waals surface area contributed by atoms with Crippen molar-refractivity contribution in [3.63, 3.8) is 0 Å². The lowest BCUT2D eigenvalue weighted by atomic mass is 10.1. The van der Waals surface area contributed by atoms with E-state index in [9.17, 15) is 8.78 Å². The molecular weight excluding hydrogens is 234 g/mol. The third-order valence-electron chi connectivity index (χ3n) is 1.99. The fourth-order valence-electron chi connectivity index (χ4n) is 1.34. The lowest BCUT2D eigenvalue weighted by molar-refractivity contribution is 0.252. The van der Waals surface area contributed by atoms with Crippen molar-refractivity contribution in [2.75, 3.05) is 5.73 Å². The number of aromatic nitrogens is 1. The van der Waals surface area contributed by atoms with E-state index in [1.807, 2.05) is 0 Å². The highest BCUT2D eigenvalue weighted by atomic mass is 32.2. The average Bonchev–Trinajstić information content (AvgIpc) is 2.64. The van der Waals surface area contributed by atoms with Crippen LogP contribution < -0.4 is 5.73 Å². The molecule has 0 aliphatic rings. The van der Waals surface area contributed by atoms with Crippen molar-refractivity contribution in [1.82, 2.24) is 5.16 Å². The average molecular weight is 242 g/mol. The highest BCUT2D eigenvalue weighted by molar-refractivity contribution is 7.99. The number of nitrogens with zero attached hydrogens (tertiary/aromatic N) is 1. The minimum absolute atomic E-state index is 0.127. The van der Waals surface area contributed by atoms with Gasteiger partial charge in [0, 0.05) is 10.5 Å². The van der Waals surface area contributed by atoms with Gasteiger partial charge in [-0.1, -0.05) is 35.1 Å². The number of alkyl halides is 2. The molecule has 0 bridgehead atoms. The molecule has 84 valence electrons. The van der Waals surface area contributed by atoms with E-state index < -0.39 is 5.76 Å². The summed E-state index contributed by atoms with van der Waals surface area (Å²) in [6.45, 7) is 0. The number of anilines is 1. The molecule has 0 saturated heterocycles. The Morgan fingerprint density at radius 1 is 1.25 bits per heavy atom. The molecule has 2 rings (SSSR count). The van der Waals surface area contributed by atoms with Gasteiger partial charge in [-0.15, -0.1) is 0 Å². The molecule has 0 amide bonds. The van der Waals surface area contributed by atoms with Crippen molar-refractivity contribution < 1.29 is 13.3 Å². The molecule has 2 aromatic rings. The summed E-state index contributed by atoms with van der Waals surface area (Å²) in [5.74, 6) is -2.34. The van der Waals surface area contributed by atoms with Crippen molar-refractivity contribution in [1.29, 1.82) is 0 Å². The molecule has 0 spiro atoms. The number of thioether (sulfide) groups is 1. The first-order chi connectivity index (χ1) is 7.68. The summed E-state index contributed by atoms with van der Waals surface area (Å²) >= 11 is 0.474. The topological polar surface area (TPSA) is 52.0 Å². The van der Waals surface area contributed by atoms with Crippen LogP contribution in [0.15, 0.2) is 39.9 Å². The summed E-state index contributed by atoms with van der Waals surface area (Å²) in [6.07, 6.45) is 1.42. The summed E-state index contributed by atoms with van der Waals surface area (Å²) in [5.41, 5.74) is 6.68. The quantitative estimate of drug-likeness (QED) is 0.839. The number of nitrogens with two attached hydrogens (primary N) is 1. The number of rotatable bonds is 3.